The van der Waals surface area contributed by atoms with Crippen LogP contribution < -0.4 is 42.5 Å². The van der Waals surface area contributed by atoms with Crippen LogP contribution >= 0.6 is 0 Å². The predicted molar refractivity (Wildman–Crippen MR) is 275 cm³/mol. The molecule has 396 valence electrons. The number of carboxylic acid groups (broad SMARTS) is 1. The molecule has 9 amide bonds. The minimum absolute atomic E-state index is 0.0448. The molecule has 1 aliphatic rings. The Morgan fingerprint density at radius 3 is 1.75 bits per heavy atom. The zero-order valence-corrected chi connectivity index (χ0v) is 43.5. The zero-order valence-electron chi connectivity index (χ0n) is 43.5. The molecule has 4 rings (SSSR count). The average Bonchev–Trinajstić information content (AvgIpc) is 3.80. The molecule has 0 bridgehead atoms. The Morgan fingerprint density at radius 2 is 1.23 bits per heavy atom. The number of aliphatic carboxylic acids is 1. The third-order valence-electron chi connectivity index (χ3n) is 13.0. The van der Waals surface area contributed by atoms with Gasteiger partial charge in [-0.1, -0.05) is 94.4 Å². The summed E-state index contributed by atoms with van der Waals surface area (Å²) in [4.78, 5) is 125. The van der Waals surface area contributed by atoms with E-state index >= 15 is 0 Å². The van der Waals surface area contributed by atoms with Crippen molar-refractivity contribution in [1.82, 2.24) is 52.3 Å². The molecule has 0 radical (unpaired) electrons. The fourth-order valence-corrected chi connectivity index (χ4v) is 8.12. The van der Waals surface area contributed by atoms with E-state index in [0.29, 0.717) is 0 Å². The van der Waals surface area contributed by atoms with Crippen molar-refractivity contribution in [3.8, 4) is 0 Å². The number of nitrogens with one attached hydrogen (secondary N) is 8. The SMILES string of the molecule is CC[C@@H](CN(C(=O)N[C@H](C)c1ccccc1)C(=O)[C@H](CCC(=O)O)NC(=O)[C@H](C)NC)NC(=O)c1cccc(C(=O)N[C@H]2C[C@@H](C(=O)N[C@H](C)c3ccccc3)N(C(=O)[C@@H](NC(=O)[C@H](C)NC)C(C)(C)C)C2)c1. The summed E-state index contributed by atoms with van der Waals surface area (Å²) in [6.07, 6.45) is -0.560. The Bertz CT molecular complexity index is 2420. The Labute approximate surface area is 427 Å². The monoisotopic (exact) mass is 1010 g/mol. The Hall–Kier alpha value is -7.19. The predicted octanol–water partition coefficient (Wildman–Crippen LogP) is 3.17. The number of rotatable bonds is 23. The number of likely N-dealkylation sites (N-methyl/N-ethyl adjacent to an activating group) is 2. The van der Waals surface area contributed by atoms with Crippen molar-refractivity contribution in [3.05, 3.63) is 107 Å². The number of hydrogen-bond donors (Lipinski definition) is 9. The molecular formula is C53H74N10O10. The van der Waals surface area contributed by atoms with E-state index in [1.165, 1.54) is 29.2 Å². The molecule has 20 heteroatoms. The van der Waals surface area contributed by atoms with Crippen molar-refractivity contribution in [3.63, 3.8) is 0 Å². The number of likely N-dealkylation sites (tertiary alicyclic amines) is 1. The summed E-state index contributed by atoms with van der Waals surface area (Å²) in [5.74, 6) is -5.28. The highest BCUT2D eigenvalue weighted by Crippen LogP contribution is 2.28. The molecule has 1 saturated heterocycles. The third-order valence-corrected chi connectivity index (χ3v) is 13.0. The van der Waals surface area contributed by atoms with Gasteiger partial charge >= 0.3 is 12.0 Å². The van der Waals surface area contributed by atoms with Crippen LogP contribution in [-0.2, 0) is 28.8 Å². The summed E-state index contributed by atoms with van der Waals surface area (Å²) in [7, 11) is 3.17. The van der Waals surface area contributed by atoms with Crippen LogP contribution in [0.2, 0.25) is 0 Å². The smallest absolute Gasteiger partial charge is 0.324 e. The molecule has 1 aliphatic heterocycles. The average molecular weight is 1010 g/mol. The second-order valence-electron chi connectivity index (χ2n) is 19.6. The number of carbonyl (C=O) groups is 9. The summed E-state index contributed by atoms with van der Waals surface area (Å²) in [5.41, 5.74) is 0.959. The number of carboxylic acids is 1. The van der Waals surface area contributed by atoms with Crippen molar-refractivity contribution < 1.29 is 48.3 Å². The van der Waals surface area contributed by atoms with Crippen LogP contribution in [0.15, 0.2) is 84.9 Å². The van der Waals surface area contributed by atoms with Crippen LogP contribution in [0.25, 0.3) is 0 Å². The zero-order chi connectivity index (χ0) is 54.2. The summed E-state index contributed by atoms with van der Waals surface area (Å²) in [6, 6.07) is 15.9. The molecule has 0 saturated carbocycles. The van der Waals surface area contributed by atoms with E-state index in [1.807, 2.05) is 64.1 Å². The number of hydrogen-bond acceptors (Lipinski definition) is 11. The minimum atomic E-state index is -1.42. The Morgan fingerprint density at radius 1 is 0.699 bits per heavy atom. The number of nitrogens with zero attached hydrogens (tertiary/aromatic N) is 2. The first-order valence-electron chi connectivity index (χ1n) is 24.7. The highest BCUT2D eigenvalue weighted by molar-refractivity contribution is 6.01. The van der Waals surface area contributed by atoms with Crippen LogP contribution in [-0.4, -0.2) is 138 Å². The molecule has 1 fully saturated rings. The van der Waals surface area contributed by atoms with E-state index in [1.54, 1.807) is 66.1 Å². The molecule has 1 heterocycles. The topological polar surface area (TPSA) is 277 Å². The number of amides is 9. The van der Waals surface area contributed by atoms with E-state index in [-0.39, 0.29) is 43.5 Å². The second kappa shape index (κ2) is 27.0. The van der Waals surface area contributed by atoms with Gasteiger partial charge in [0.15, 0.2) is 0 Å². The van der Waals surface area contributed by atoms with Crippen LogP contribution in [0.4, 0.5) is 4.79 Å². The van der Waals surface area contributed by atoms with Gasteiger partial charge in [-0.2, -0.15) is 0 Å². The van der Waals surface area contributed by atoms with Gasteiger partial charge < -0.3 is 52.5 Å². The summed E-state index contributed by atoms with van der Waals surface area (Å²) in [6.45, 7) is 13.5. The molecule has 73 heavy (non-hydrogen) atoms. The van der Waals surface area contributed by atoms with Gasteiger partial charge in [0.2, 0.25) is 23.6 Å². The highest BCUT2D eigenvalue weighted by atomic mass is 16.4. The van der Waals surface area contributed by atoms with Gasteiger partial charge in [-0.05, 0) is 95.8 Å². The van der Waals surface area contributed by atoms with E-state index < -0.39 is 120 Å². The minimum Gasteiger partial charge on any atom is -0.481 e. The maximum atomic E-state index is 14.5. The largest absolute Gasteiger partial charge is 0.481 e. The summed E-state index contributed by atoms with van der Waals surface area (Å²) < 4.78 is 0. The molecule has 0 unspecified atom stereocenters. The molecule has 0 aliphatic carbocycles. The standard InChI is InChI=1S/C53H74N10O10/c1-11-39(29-63(52(73)57-32(3)36-21-16-13-17-22-36)50(71)41(25-26-43(64)65)60-45(66)33(4)54-9)58-47(68)37-23-18-24-38(27-37)48(69)59-40-28-42(49(70)56-31(2)35-19-14-12-15-20-35)62(30-40)51(72)44(53(6,7)8)61-46(67)34(5)55-10/h12-24,27,31-34,39-42,44,54-55H,11,25-26,28-30H2,1-10H3,(H,56,70)(H,57,73)(H,58,68)(H,59,69)(H,60,66)(H,61,67)(H,64,65)/t31-,32-,33+,34+,39+,40+,41+,42+,44-/m1/s1. The van der Waals surface area contributed by atoms with Gasteiger partial charge in [0.1, 0.15) is 18.1 Å². The Balaban J connectivity index is 1.58. The molecule has 0 spiro atoms. The molecule has 3 aromatic carbocycles. The van der Waals surface area contributed by atoms with Gasteiger partial charge in [0, 0.05) is 36.2 Å². The molecule has 9 atom stereocenters. The number of imide groups is 1. The lowest BCUT2D eigenvalue weighted by molar-refractivity contribution is -0.144. The molecule has 9 N–H and O–H groups in total. The van der Waals surface area contributed by atoms with Gasteiger partial charge in [-0.25, -0.2) is 4.79 Å². The molecule has 3 aromatic rings. The number of urea groups is 1. The maximum Gasteiger partial charge on any atom is 0.324 e. The first kappa shape index (κ1) is 58.4. The maximum absolute atomic E-state index is 14.5. The van der Waals surface area contributed by atoms with Crippen molar-refractivity contribution in [2.75, 3.05) is 27.2 Å². The fourth-order valence-electron chi connectivity index (χ4n) is 8.12. The molecule has 0 aromatic heterocycles. The molecule has 20 nitrogen and oxygen atoms in total. The van der Waals surface area contributed by atoms with Crippen molar-refractivity contribution >= 4 is 53.4 Å². The van der Waals surface area contributed by atoms with E-state index in [9.17, 15) is 48.3 Å². The van der Waals surface area contributed by atoms with Crippen LogP contribution in [0.1, 0.15) is 125 Å². The number of carbonyl (C=O) groups excluding carboxylic acids is 8. The van der Waals surface area contributed by atoms with Gasteiger partial charge in [0.05, 0.1) is 30.7 Å². The summed E-state index contributed by atoms with van der Waals surface area (Å²) >= 11 is 0. The normalized spacial score (nSPS) is 17.3. The van der Waals surface area contributed by atoms with E-state index in [0.717, 1.165) is 16.0 Å². The van der Waals surface area contributed by atoms with Crippen molar-refractivity contribution in [2.24, 2.45) is 5.41 Å². The second-order valence-corrected chi connectivity index (χ2v) is 19.6. The van der Waals surface area contributed by atoms with Gasteiger partial charge in [-0.3, -0.25) is 43.3 Å². The lowest BCUT2D eigenvalue weighted by atomic mass is 9.85. The quantitative estimate of drug-likeness (QED) is 0.0663. The highest BCUT2D eigenvalue weighted by Gasteiger charge is 2.46. The van der Waals surface area contributed by atoms with Crippen LogP contribution in [0.3, 0.4) is 0 Å². The van der Waals surface area contributed by atoms with Gasteiger partial charge in [-0.15, -0.1) is 0 Å². The molecular weight excluding hydrogens is 937 g/mol. The first-order valence-corrected chi connectivity index (χ1v) is 24.7. The summed E-state index contributed by atoms with van der Waals surface area (Å²) in [5, 5.41) is 32.2. The van der Waals surface area contributed by atoms with Crippen LogP contribution in [0, 0.1) is 5.41 Å². The lowest BCUT2D eigenvalue weighted by Crippen LogP contribution is -2.59. The third kappa shape index (κ3) is 16.7. The lowest BCUT2D eigenvalue weighted by Gasteiger charge is -2.36. The Kier molecular flexibility index (Phi) is 21.6. The first-order chi connectivity index (χ1) is 34.5. The van der Waals surface area contributed by atoms with Crippen LogP contribution in [0.5, 0.6) is 0 Å². The van der Waals surface area contributed by atoms with Crippen molar-refractivity contribution in [2.45, 2.75) is 135 Å². The fraction of sp³-hybridized carbons (Fsp3) is 0.491. The van der Waals surface area contributed by atoms with E-state index in [4.69, 9.17) is 0 Å². The van der Waals surface area contributed by atoms with Crippen molar-refractivity contribution in [1.29, 1.82) is 0 Å². The van der Waals surface area contributed by atoms with Gasteiger partial charge in [0.25, 0.3) is 17.7 Å². The van der Waals surface area contributed by atoms with E-state index in [2.05, 4.69) is 42.5 Å². The number of benzene rings is 3.